The Bertz CT molecular complexity index is 949. The smallest absolute Gasteiger partial charge is 0.287 e. The van der Waals surface area contributed by atoms with Gasteiger partial charge in [0.05, 0.1) is 0 Å². The molecule has 0 radical (unpaired) electrons. The summed E-state index contributed by atoms with van der Waals surface area (Å²) in [6.07, 6.45) is 2.14. The first-order valence-corrected chi connectivity index (χ1v) is 10.6. The van der Waals surface area contributed by atoms with Crippen LogP contribution in [0.5, 0.6) is 0 Å². The van der Waals surface area contributed by atoms with Gasteiger partial charge in [-0.25, -0.2) is 4.39 Å². The van der Waals surface area contributed by atoms with Crippen molar-refractivity contribution in [3.63, 3.8) is 0 Å². The Balaban J connectivity index is 1.49. The fourth-order valence-electron chi connectivity index (χ4n) is 3.54. The molecule has 1 saturated heterocycles. The molecule has 28 heavy (non-hydrogen) atoms. The highest BCUT2D eigenvalue weighted by molar-refractivity contribution is 7.98. The first-order chi connectivity index (χ1) is 13.7. The minimum Gasteiger partial charge on any atom is -0.451 e. The number of thioether (sulfide) groups is 1. The fraction of sp³-hybridized carbons (Fsp3) is 0.318. The first kappa shape index (κ1) is 19.0. The van der Waals surface area contributed by atoms with Crippen molar-refractivity contribution < 1.29 is 13.6 Å². The maximum absolute atomic E-state index is 13.1. The molecule has 1 fully saturated rings. The Hall–Kier alpha value is -2.31. The number of hydrogen-bond donors (Lipinski definition) is 2. The maximum atomic E-state index is 13.1. The molecule has 6 heteroatoms. The molecule has 2 aromatic carbocycles. The molecule has 1 unspecified atom stereocenters. The molecule has 146 valence electrons. The van der Waals surface area contributed by atoms with Crippen molar-refractivity contribution in [2.75, 3.05) is 19.6 Å². The van der Waals surface area contributed by atoms with Crippen LogP contribution in [-0.4, -0.2) is 25.5 Å². The SMILES string of the molecule is O=C(NCCC1CCNC1)c1oc2ccccc2c1CSc1ccc(F)cc1. The van der Waals surface area contributed by atoms with Gasteiger partial charge in [-0.1, -0.05) is 18.2 Å². The highest BCUT2D eigenvalue weighted by atomic mass is 32.2. The molecule has 0 spiro atoms. The molecule has 4 nitrogen and oxygen atoms in total. The highest BCUT2D eigenvalue weighted by Crippen LogP contribution is 2.32. The molecule has 0 saturated carbocycles. The maximum Gasteiger partial charge on any atom is 0.287 e. The Morgan fingerprint density at radius 2 is 2.04 bits per heavy atom. The average Bonchev–Trinajstić information content (AvgIpc) is 3.35. The van der Waals surface area contributed by atoms with Crippen LogP contribution in [0, 0.1) is 11.7 Å². The van der Waals surface area contributed by atoms with E-state index < -0.39 is 0 Å². The summed E-state index contributed by atoms with van der Waals surface area (Å²) in [5, 5.41) is 7.31. The number of rotatable bonds is 7. The predicted octanol–water partition coefficient (Wildman–Crippen LogP) is 4.59. The van der Waals surface area contributed by atoms with Crippen LogP contribution in [-0.2, 0) is 5.75 Å². The van der Waals surface area contributed by atoms with Gasteiger partial charge in [-0.2, -0.15) is 0 Å². The summed E-state index contributed by atoms with van der Waals surface area (Å²) in [4.78, 5) is 13.7. The van der Waals surface area contributed by atoms with Crippen LogP contribution in [0.3, 0.4) is 0 Å². The molecule has 1 aliphatic heterocycles. The van der Waals surface area contributed by atoms with E-state index in [2.05, 4.69) is 10.6 Å². The Morgan fingerprint density at radius 3 is 2.82 bits per heavy atom. The molecule has 1 aliphatic rings. The van der Waals surface area contributed by atoms with Gasteiger partial charge in [0.1, 0.15) is 11.4 Å². The third kappa shape index (κ3) is 4.39. The van der Waals surface area contributed by atoms with Crippen molar-refractivity contribution in [2.24, 2.45) is 5.92 Å². The predicted molar refractivity (Wildman–Crippen MR) is 110 cm³/mol. The lowest BCUT2D eigenvalue weighted by atomic mass is 10.1. The van der Waals surface area contributed by atoms with Crippen molar-refractivity contribution in [3.8, 4) is 0 Å². The second-order valence-corrected chi connectivity index (χ2v) is 8.10. The lowest BCUT2D eigenvalue weighted by Crippen LogP contribution is -2.26. The number of fused-ring (bicyclic) bond motifs is 1. The first-order valence-electron chi connectivity index (χ1n) is 9.58. The largest absolute Gasteiger partial charge is 0.451 e. The Labute approximate surface area is 167 Å². The summed E-state index contributed by atoms with van der Waals surface area (Å²) < 4.78 is 19.0. The number of benzene rings is 2. The van der Waals surface area contributed by atoms with Gasteiger partial charge in [-0.15, -0.1) is 11.8 Å². The van der Waals surface area contributed by atoms with E-state index in [9.17, 15) is 9.18 Å². The molecular formula is C22H23FN2O2S. The number of nitrogens with one attached hydrogen (secondary N) is 2. The molecule has 0 bridgehead atoms. The molecule has 1 amide bonds. The molecule has 1 atom stereocenters. The number of amides is 1. The zero-order valence-corrected chi connectivity index (χ0v) is 16.4. The van der Waals surface area contributed by atoms with E-state index >= 15 is 0 Å². The third-order valence-corrected chi connectivity index (χ3v) is 6.14. The van der Waals surface area contributed by atoms with Gasteiger partial charge in [0, 0.05) is 28.1 Å². The van der Waals surface area contributed by atoms with Crippen LogP contribution < -0.4 is 10.6 Å². The quantitative estimate of drug-likeness (QED) is 0.572. The van der Waals surface area contributed by atoms with Gasteiger partial charge in [0.2, 0.25) is 0 Å². The number of halogens is 1. The lowest BCUT2D eigenvalue weighted by Gasteiger charge is -2.09. The summed E-state index contributed by atoms with van der Waals surface area (Å²) in [5.74, 6) is 1.16. The average molecular weight is 399 g/mol. The second-order valence-electron chi connectivity index (χ2n) is 7.05. The van der Waals surface area contributed by atoms with Crippen molar-refractivity contribution in [1.82, 2.24) is 10.6 Å². The monoisotopic (exact) mass is 398 g/mol. The fourth-order valence-corrected chi connectivity index (χ4v) is 4.47. The third-order valence-electron chi connectivity index (χ3n) is 5.10. The van der Waals surface area contributed by atoms with Gasteiger partial charge in [0.25, 0.3) is 5.91 Å². The molecule has 2 heterocycles. The summed E-state index contributed by atoms with van der Waals surface area (Å²) >= 11 is 1.56. The van der Waals surface area contributed by atoms with E-state index in [-0.39, 0.29) is 11.7 Å². The van der Waals surface area contributed by atoms with Crippen LogP contribution in [0.1, 0.15) is 29.0 Å². The van der Waals surface area contributed by atoms with Crippen molar-refractivity contribution >= 4 is 28.6 Å². The number of para-hydroxylation sites is 1. The van der Waals surface area contributed by atoms with E-state index in [0.717, 1.165) is 35.4 Å². The van der Waals surface area contributed by atoms with Gasteiger partial charge < -0.3 is 15.1 Å². The summed E-state index contributed by atoms with van der Waals surface area (Å²) in [6.45, 7) is 2.74. The van der Waals surface area contributed by atoms with Crippen LogP contribution in [0.25, 0.3) is 11.0 Å². The van der Waals surface area contributed by atoms with Crippen LogP contribution in [0.15, 0.2) is 57.8 Å². The zero-order valence-electron chi connectivity index (χ0n) is 15.5. The van der Waals surface area contributed by atoms with Crippen LogP contribution >= 0.6 is 11.8 Å². The summed E-state index contributed by atoms with van der Waals surface area (Å²) in [5.41, 5.74) is 1.59. The summed E-state index contributed by atoms with van der Waals surface area (Å²) in [7, 11) is 0. The van der Waals surface area contributed by atoms with E-state index in [1.165, 1.54) is 18.6 Å². The standard InChI is InChI=1S/C22H23FN2O2S/c23-16-5-7-17(8-6-16)28-14-19-18-3-1-2-4-20(18)27-21(19)22(26)25-12-10-15-9-11-24-13-15/h1-8,15,24H,9-14H2,(H,25,26). The zero-order chi connectivity index (χ0) is 19.3. The van der Waals surface area contributed by atoms with Crippen molar-refractivity contribution in [3.05, 3.63) is 65.7 Å². The van der Waals surface area contributed by atoms with Crippen molar-refractivity contribution in [2.45, 2.75) is 23.5 Å². The van der Waals surface area contributed by atoms with Crippen LogP contribution in [0.2, 0.25) is 0 Å². The molecule has 1 aromatic heterocycles. The second kappa shape index (κ2) is 8.80. The summed E-state index contributed by atoms with van der Waals surface area (Å²) in [6, 6.07) is 14.1. The number of carbonyl (C=O) groups excluding carboxylic acids is 1. The highest BCUT2D eigenvalue weighted by Gasteiger charge is 2.21. The minimum absolute atomic E-state index is 0.170. The topological polar surface area (TPSA) is 54.3 Å². The normalized spacial score (nSPS) is 16.5. The van der Waals surface area contributed by atoms with Crippen molar-refractivity contribution in [1.29, 1.82) is 0 Å². The number of hydrogen-bond acceptors (Lipinski definition) is 4. The Kier molecular flexibility index (Phi) is 5.98. The van der Waals surface area contributed by atoms with E-state index in [1.54, 1.807) is 23.9 Å². The molecule has 2 N–H and O–H groups in total. The molecule has 3 aromatic rings. The molecule has 4 rings (SSSR count). The molecule has 0 aliphatic carbocycles. The lowest BCUT2D eigenvalue weighted by molar-refractivity contribution is 0.0925. The number of carbonyl (C=O) groups is 1. The van der Waals surface area contributed by atoms with E-state index in [1.807, 2.05) is 24.3 Å². The van der Waals surface area contributed by atoms with Crippen LogP contribution in [0.4, 0.5) is 4.39 Å². The van der Waals surface area contributed by atoms with Gasteiger partial charge in [-0.3, -0.25) is 4.79 Å². The van der Waals surface area contributed by atoms with E-state index in [4.69, 9.17) is 4.42 Å². The minimum atomic E-state index is -0.254. The van der Waals surface area contributed by atoms with Gasteiger partial charge in [0.15, 0.2) is 5.76 Å². The van der Waals surface area contributed by atoms with E-state index in [0.29, 0.717) is 29.6 Å². The Morgan fingerprint density at radius 1 is 1.21 bits per heavy atom. The van der Waals surface area contributed by atoms with Gasteiger partial charge in [-0.05, 0) is 62.2 Å². The number of furan rings is 1. The molecular weight excluding hydrogens is 375 g/mol. The van der Waals surface area contributed by atoms with Gasteiger partial charge >= 0.3 is 0 Å².